The Morgan fingerprint density at radius 2 is 1.97 bits per heavy atom. The summed E-state index contributed by atoms with van der Waals surface area (Å²) in [5.74, 6) is 0.343. The molecule has 0 unspecified atom stereocenters. The maximum absolute atomic E-state index is 13.5. The molecule has 35 heavy (non-hydrogen) atoms. The van der Waals surface area contributed by atoms with Crippen LogP contribution in [-0.4, -0.2) is 27.4 Å². The number of rotatable bonds is 5. The number of fused-ring (bicyclic) bond motifs is 6. The molecule has 3 aliphatic heterocycles. The Morgan fingerprint density at radius 1 is 1.14 bits per heavy atom. The molecule has 9 nitrogen and oxygen atoms in total. The molecule has 0 radical (unpaired) electrons. The van der Waals surface area contributed by atoms with E-state index in [-0.39, 0.29) is 25.4 Å². The number of carbonyl (C=O) groups is 1. The van der Waals surface area contributed by atoms with Crippen LogP contribution in [0.5, 0.6) is 11.5 Å². The molecule has 1 aromatic carbocycles. The largest absolute Gasteiger partial charge is 0.458 e. The van der Waals surface area contributed by atoms with Crippen LogP contribution in [0.25, 0.3) is 22.3 Å². The second-order valence-corrected chi connectivity index (χ2v) is 9.40. The SMILES string of the molecule is CCCCCc1c2c(nc3cc4c(c(N)c13)OCO4)-c1cc3c(c(=O)n1C2)COC(=O)[C@]3(O)CC. The van der Waals surface area contributed by atoms with Crippen molar-refractivity contribution in [1.82, 2.24) is 9.55 Å². The van der Waals surface area contributed by atoms with E-state index in [4.69, 9.17) is 24.9 Å². The van der Waals surface area contributed by atoms with Gasteiger partial charge in [0.2, 0.25) is 6.79 Å². The third kappa shape index (κ3) is 2.94. The summed E-state index contributed by atoms with van der Waals surface area (Å²) in [6, 6.07) is 3.56. The van der Waals surface area contributed by atoms with E-state index >= 15 is 0 Å². The summed E-state index contributed by atoms with van der Waals surface area (Å²) < 4.78 is 18.0. The number of aryl methyl sites for hydroxylation is 1. The van der Waals surface area contributed by atoms with Gasteiger partial charge in [0, 0.05) is 22.6 Å². The van der Waals surface area contributed by atoms with Crippen molar-refractivity contribution in [3.05, 3.63) is 44.7 Å². The number of hydrogen-bond donors (Lipinski definition) is 2. The van der Waals surface area contributed by atoms with Crippen molar-refractivity contribution < 1.29 is 24.1 Å². The lowest BCUT2D eigenvalue weighted by molar-refractivity contribution is -0.172. The zero-order valence-electron chi connectivity index (χ0n) is 19.8. The van der Waals surface area contributed by atoms with Crippen molar-refractivity contribution >= 4 is 22.6 Å². The molecule has 0 spiro atoms. The predicted molar refractivity (Wildman–Crippen MR) is 128 cm³/mol. The summed E-state index contributed by atoms with van der Waals surface area (Å²) in [6.45, 7) is 4.14. The van der Waals surface area contributed by atoms with Gasteiger partial charge < -0.3 is 29.6 Å². The number of nitrogens with two attached hydrogens (primary N) is 1. The average Bonchev–Trinajstić information content (AvgIpc) is 3.47. The van der Waals surface area contributed by atoms with Crippen molar-refractivity contribution in [2.75, 3.05) is 12.5 Å². The van der Waals surface area contributed by atoms with Gasteiger partial charge in [0.25, 0.3) is 5.56 Å². The number of nitrogens with zero attached hydrogens (tertiary/aromatic N) is 2. The van der Waals surface area contributed by atoms with Crippen molar-refractivity contribution in [2.45, 2.75) is 64.7 Å². The van der Waals surface area contributed by atoms with Gasteiger partial charge in [0.05, 0.1) is 34.7 Å². The van der Waals surface area contributed by atoms with Crippen molar-refractivity contribution in [2.24, 2.45) is 0 Å². The number of pyridine rings is 2. The standard InChI is InChI=1S/C26H27N3O6/c1-3-5-6-7-13-14-10-29-18(8-16-15(24(29)30)11-33-25(31)26(16,32)4-2)22(14)28-17-9-19-23(35-12-34-19)21(27)20(13)17/h8-9,32H,3-7,10-12,27H2,1-2H3/t26-/m0/s1. The lowest BCUT2D eigenvalue weighted by Crippen LogP contribution is -2.44. The van der Waals surface area contributed by atoms with Gasteiger partial charge in [0.1, 0.15) is 6.61 Å². The van der Waals surface area contributed by atoms with E-state index in [0.29, 0.717) is 51.8 Å². The van der Waals surface area contributed by atoms with Crippen LogP contribution in [-0.2, 0) is 34.7 Å². The van der Waals surface area contributed by atoms with E-state index < -0.39 is 11.6 Å². The fraction of sp³-hybridized carbons (Fsp3) is 0.423. The molecule has 0 amide bonds. The minimum Gasteiger partial charge on any atom is -0.458 e. The van der Waals surface area contributed by atoms with E-state index in [9.17, 15) is 14.7 Å². The smallest absolute Gasteiger partial charge is 0.343 e. The summed E-state index contributed by atoms with van der Waals surface area (Å²) in [7, 11) is 0. The second kappa shape index (κ2) is 7.71. The number of aromatic nitrogens is 2. The molecule has 5 heterocycles. The molecule has 0 saturated heterocycles. The number of cyclic esters (lactones) is 1. The first-order valence-electron chi connectivity index (χ1n) is 12.1. The summed E-state index contributed by atoms with van der Waals surface area (Å²) in [4.78, 5) is 30.9. The zero-order chi connectivity index (χ0) is 24.5. The Morgan fingerprint density at radius 3 is 2.74 bits per heavy atom. The molecule has 3 aliphatic rings. The van der Waals surface area contributed by atoms with Gasteiger partial charge in [-0.1, -0.05) is 26.7 Å². The summed E-state index contributed by atoms with van der Waals surface area (Å²) in [6.07, 6.45) is 3.98. The molecular weight excluding hydrogens is 450 g/mol. The first kappa shape index (κ1) is 21.9. The number of esters is 1. The minimum absolute atomic E-state index is 0.0992. The molecule has 0 fully saturated rings. The zero-order valence-corrected chi connectivity index (χ0v) is 19.8. The van der Waals surface area contributed by atoms with Crippen LogP contribution in [0.2, 0.25) is 0 Å². The van der Waals surface area contributed by atoms with E-state index in [2.05, 4.69) is 6.92 Å². The van der Waals surface area contributed by atoms with Gasteiger partial charge in [-0.25, -0.2) is 9.78 Å². The molecule has 0 saturated carbocycles. The highest BCUT2D eigenvalue weighted by atomic mass is 16.7. The summed E-state index contributed by atoms with van der Waals surface area (Å²) in [5.41, 5.74) is 9.45. The number of anilines is 1. The quantitative estimate of drug-likeness (QED) is 0.255. The Hall–Kier alpha value is -3.59. The topological polar surface area (TPSA) is 126 Å². The minimum atomic E-state index is -1.86. The summed E-state index contributed by atoms with van der Waals surface area (Å²) >= 11 is 0. The Bertz CT molecular complexity index is 1480. The van der Waals surface area contributed by atoms with Crippen LogP contribution in [0, 0.1) is 0 Å². The molecule has 1 atom stereocenters. The second-order valence-electron chi connectivity index (χ2n) is 9.40. The first-order chi connectivity index (χ1) is 16.9. The Kier molecular flexibility index (Phi) is 4.83. The van der Waals surface area contributed by atoms with Gasteiger partial charge in [-0.3, -0.25) is 4.79 Å². The van der Waals surface area contributed by atoms with E-state index in [1.165, 1.54) is 0 Å². The molecule has 2 aromatic heterocycles. The van der Waals surface area contributed by atoms with Crippen LogP contribution in [0.15, 0.2) is 16.9 Å². The molecule has 182 valence electrons. The fourth-order valence-corrected chi connectivity index (χ4v) is 5.56. The molecular formula is C26H27N3O6. The van der Waals surface area contributed by atoms with E-state index in [1.54, 1.807) is 17.6 Å². The van der Waals surface area contributed by atoms with Crippen LogP contribution < -0.4 is 20.8 Å². The number of carbonyl (C=O) groups excluding carboxylic acids is 1. The normalized spacial score (nSPS) is 19.5. The highest BCUT2D eigenvalue weighted by molar-refractivity contribution is 6.01. The van der Waals surface area contributed by atoms with Gasteiger partial charge in [-0.2, -0.15) is 0 Å². The molecule has 0 bridgehead atoms. The molecule has 3 N–H and O–H groups in total. The lowest BCUT2D eigenvalue weighted by Gasteiger charge is -2.31. The van der Waals surface area contributed by atoms with Gasteiger partial charge in [-0.15, -0.1) is 0 Å². The number of nitrogen functional groups attached to an aromatic ring is 1. The van der Waals surface area contributed by atoms with Crippen LogP contribution in [0.4, 0.5) is 5.69 Å². The summed E-state index contributed by atoms with van der Waals surface area (Å²) in [5, 5.41) is 12.0. The first-order valence-corrected chi connectivity index (χ1v) is 12.1. The maximum Gasteiger partial charge on any atom is 0.343 e. The number of benzene rings is 1. The van der Waals surface area contributed by atoms with Crippen molar-refractivity contribution in [1.29, 1.82) is 0 Å². The Labute approximate surface area is 201 Å². The van der Waals surface area contributed by atoms with Crippen LogP contribution >= 0.6 is 0 Å². The molecule has 6 rings (SSSR count). The lowest BCUT2D eigenvalue weighted by atomic mass is 9.86. The number of aliphatic hydroxyl groups is 1. The third-order valence-electron chi connectivity index (χ3n) is 7.50. The number of unbranched alkanes of at least 4 members (excludes halogenated alkanes) is 2. The number of ether oxygens (including phenoxy) is 3. The maximum atomic E-state index is 13.5. The highest BCUT2D eigenvalue weighted by Crippen LogP contribution is 2.47. The average molecular weight is 478 g/mol. The fourth-order valence-electron chi connectivity index (χ4n) is 5.56. The van der Waals surface area contributed by atoms with E-state index in [0.717, 1.165) is 42.2 Å². The van der Waals surface area contributed by atoms with Crippen molar-refractivity contribution in [3.8, 4) is 22.9 Å². The third-order valence-corrected chi connectivity index (χ3v) is 7.50. The monoisotopic (exact) mass is 477 g/mol. The molecule has 3 aromatic rings. The van der Waals surface area contributed by atoms with Crippen molar-refractivity contribution in [3.63, 3.8) is 0 Å². The van der Waals surface area contributed by atoms with Gasteiger partial charge in [0.15, 0.2) is 17.1 Å². The van der Waals surface area contributed by atoms with Gasteiger partial charge in [-0.05, 0) is 30.9 Å². The number of hydrogen-bond acceptors (Lipinski definition) is 8. The Balaban J connectivity index is 1.63. The van der Waals surface area contributed by atoms with Crippen LogP contribution in [0.1, 0.15) is 61.8 Å². The van der Waals surface area contributed by atoms with Crippen LogP contribution in [0.3, 0.4) is 0 Å². The molecule has 0 aliphatic carbocycles. The predicted octanol–water partition coefficient (Wildman–Crippen LogP) is 3.12. The highest BCUT2D eigenvalue weighted by Gasteiger charge is 2.45. The van der Waals surface area contributed by atoms with Gasteiger partial charge >= 0.3 is 5.97 Å². The van der Waals surface area contributed by atoms with E-state index in [1.807, 2.05) is 6.07 Å². The molecule has 9 heteroatoms.